The summed E-state index contributed by atoms with van der Waals surface area (Å²) in [4.78, 5) is 5.80. The van der Waals surface area contributed by atoms with Crippen molar-refractivity contribution in [3.63, 3.8) is 0 Å². The van der Waals surface area contributed by atoms with Gasteiger partial charge in [-0.15, -0.1) is 11.3 Å². The monoisotopic (exact) mass is 304 g/mol. The van der Waals surface area contributed by atoms with Crippen molar-refractivity contribution >= 4 is 11.3 Å². The Labute approximate surface area is 131 Å². The van der Waals surface area contributed by atoms with E-state index in [1.54, 1.807) is 11.3 Å². The molecule has 2 rings (SSSR count). The van der Waals surface area contributed by atoms with Gasteiger partial charge in [-0.2, -0.15) is 0 Å². The molecule has 0 radical (unpaired) electrons. The van der Waals surface area contributed by atoms with Crippen LogP contribution >= 0.6 is 11.3 Å². The summed E-state index contributed by atoms with van der Waals surface area (Å²) in [6.45, 7) is 11.2. The summed E-state index contributed by atoms with van der Waals surface area (Å²) in [6, 6.07) is 8.75. The molecule has 4 heteroatoms. The van der Waals surface area contributed by atoms with Crippen LogP contribution in [0.2, 0.25) is 0 Å². The molecule has 0 bridgehead atoms. The Morgan fingerprint density at radius 3 is 2.38 bits per heavy atom. The number of hydrogen-bond acceptors (Lipinski definition) is 4. The number of aromatic nitrogens is 1. The third kappa shape index (κ3) is 4.55. The molecule has 2 unspecified atom stereocenters. The van der Waals surface area contributed by atoms with Crippen LogP contribution in [0.3, 0.4) is 0 Å². The zero-order valence-corrected chi connectivity index (χ0v) is 14.3. The van der Waals surface area contributed by atoms with E-state index in [0.29, 0.717) is 12.6 Å². The zero-order valence-electron chi connectivity index (χ0n) is 13.4. The topological polar surface area (TPSA) is 34.1 Å². The highest BCUT2D eigenvalue weighted by molar-refractivity contribution is 7.11. The van der Waals surface area contributed by atoms with E-state index >= 15 is 0 Å². The second kappa shape index (κ2) is 7.05. The molecular weight excluding hydrogens is 280 g/mol. The standard InChI is InChI=1S/C17H24N2OS/c1-11-6-8-16(9-7-11)20-10-12(2)18-13(3)17-14(4)19-15(5)21-17/h6-9,12-13,18H,10H2,1-5H3. The molecule has 2 aromatic rings. The first kappa shape index (κ1) is 16.0. The van der Waals surface area contributed by atoms with Gasteiger partial charge in [0.25, 0.3) is 0 Å². The molecule has 21 heavy (non-hydrogen) atoms. The minimum Gasteiger partial charge on any atom is -0.492 e. The largest absolute Gasteiger partial charge is 0.492 e. The minimum atomic E-state index is 0.281. The maximum atomic E-state index is 5.82. The van der Waals surface area contributed by atoms with Crippen molar-refractivity contribution in [1.82, 2.24) is 10.3 Å². The summed E-state index contributed by atoms with van der Waals surface area (Å²) in [6.07, 6.45) is 0. The van der Waals surface area contributed by atoms with Crippen LogP contribution in [0.15, 0.2) is 24.3 Å². The number of aryl methyl sites for hydroxylation is 3. The van der Waals surface area contributed by atoms with Gasteiger partial charge >= 0.3 is 0 Å². The van der Waals surface area contributed by atoms with Crippen molar-refractivity contribution in [3.8, 4) is 5.75 Å². The lowest BCUT2D eigenvalue weighted by molar-refractivity contribution is 0.264. The molecule has 1 aromatic carbocycles. The second-order valence-corrected chi connectivity index (χ2v) is 6.83. The molecule has 1 heterocycles. The molecule has 0 saturated heterocycles. The van der Waals surface area contributed by atoms with Gasteiger partial charge in [-0.1, -0.05) is 17.7 Å². The van der Waals surface area contributed by atoms with E-state index in [0.717, 1.165) is 16.5 Å². The van der Waals surface area contributed by atoms with E-state index in [1.807, 2.05) is 12.1 Å². The van der Waals surface area contributed by atoms with Crippen LogP contribution < -0.4 is 10.1 Å². The number of rotatable bonds is 6. The molecule has 0 spiro atoms. The third-order valence-electron chi connectivity index (χ3n) is 3.39. The third-order valence-corrected chi connectivity index (χ3v) is 4.64. The average Bonchev–Trinajstić information content (AvgIpc) is 2.77. The molecule has 2 atom stereocenters. The van der Waals surface area contributed by atoms with Gasteiger partial charge in [-0.25, -0.2) is 4.98 Å². The number of thiazole rings is 1. The van der Waals surface area contributed by atoms with Crippen molar-refractivity contribution in [2.75, 3.05) is 6.61 Å². The predicted molar refractivity (Wildman–Crippen MR) is 89.3 cm³/mol. The van der Waals surface area contributed by atoms with Crippen molar-refractivity contribution in [2.45, 2.75) is 46.7 Å². The minimum absolute atomic E-state index is 0.281. The summed E-state index contributed by atoms with van der Waals surface area (Å²) in [5.41, 5.74) is 2.38. The van der Waals surface area contributed by atoms with Gasteiger partial charge in [0.15, 0.2) is 0 Å². The Morgan fingerprint density at radius 2 is 1.81 bits per heavy atom. The first-order valence-electron chi connectivity index (χ1n) is 7.35. The lowest BCUT2D eigenvalue weighted by atomic mass is 10.2. The molecule has 0 saturated carbocycles. The van der Waals surface area contributed by atoms with E-state index in [-0.39, 0.29) is 6.04 Å². The van der Waals surface area contributed by atoms with Gasteiger partial charge in [0.2, 0.25) is 0 Å². The molecule has 0 aliphatic heterocycles. The smallest absolute Gasteiger partial charge is 0.119 e. The van der Waals surface area contributed by atoms with Gasteiger partial charge in [-0.3, -0.25) is 0 Å². The highest BCUT2D eigenvalue weighted by Gasteiger charge is 2.15. The Kier molecular flexibility index (Phi) is 5.37. The molecule has 0 fully saturated rings. The Bertz CT molecular complexity index is 577. The predicted octanol–water partition coefficient (Wildman–Crippen LogP) is 4.19. The van der Waals surface area contributed by atoms with Gasteiger partial charge < -0.3 is 10.1 Å². The summed E-state index contributed by atoms with van der Waals surface area (Å²) in [7, 11) is 0. The van der Waals surface area contributed by atoms with Crippen molar-refractivity contribution in [1.29, 1.82) is 0 Å². The molecule has 0 amide bonds. The molecule has 0 aliphatic carbocycles. The fourth-order valence-corrected chi connectivity index (χ4v) is 3.29. The Balaban J connectivity index is 1.85. The van der Waals surface area contributed by atoms with Crippen LogP contribution in [0.1, 0.15) is 41.0 Å². The van der Waals surface area contributed by atoms with Crippen LogP contribution in [-0.4, -0.2) is 17.6 Å². The van der Waals surface area contributed by atoms with E-state index in [9.17, 15) is 0 Å². The van der Waals surface area contributed by atoms with E-state index in [4.69, 9.17) is 4.74 Å². The number of benzene rings is 1. The average molecular weight is 304 g/mol. The summed E-state index contributed by atoms with van der Waals surface area (Å²) >= 11 is 1.77. The summed E-state index contributed by atoms with van der Waals surface area (Å²) < 4.78 is 5.82. The molecule has 114 valence electrons. The normalized spacial score (nSPS) is 14.0. The maximum absolute atomic E-state index is 5.82. The molecule has 1 N–H and O–H groups in total. The van der Waals surface area contributed by atoms with Crippen molar-refractivity contribution < 1.29 is 4.74 Å². The van der Waals surface area contributed by atoms with Crippen LogP contribution in [-0.2, 0) is 0 Å². The number of hydrogen-bond donors (Lipinski definition) is 1. The number of nitrogens with one attached hydrogen (secondary N) is 1. The van der Waals surface area contributed by atoms with Crippen LogP contribution in [0.5, 0.6) is 5.75 Å². The first-order valence-corrected chi connectivity index (χ1v) is 8.17. The number of ether oxygens (including phenoxy) is 1. The first-order chi connectivity index (χ1) is 9.95. The quantitative estimate of drug-likeness (QED) is 0.869. The van der Waals surface area contributed by atoms with Gasteiger partial charge in [0.1, 0.15) is 12.4 Å². The van der Waals surface area contributed by atoms with E-state index < -0.39 is 0 Å². The SMILES string of the molecule is Cc1ccc(OCC(C)NC(C)c2sc(C)nc2C)cc1. The number of nitrogens with zero attached hydrogens (tertiary/aromatic N) is 1. The molecule has 1 aromatic heterocycles. The second-order valence-electron chi connectivity index (χ2n) is 5.60. The van der Waals surface area contributed by atoms with Crippen molar-refractivity contribution in [3.05, 3.63) is 45.4 Å². The molecular formula is C17H24N2OS. The van der Waals surface area contributed by atoms with Gasteiger partial charge in [0, 0.05) is 17.0 Å². The van der Waals surface area contributed by atoms with Crippen LogP contribution in [0.4, 0.5) is 0 Å². The summed E-state index contributed by atoms with van der Waals surface area (Å²) in [5.74, 6) is 0.923. The lowest BCUT2D eigenvalue weighted by Gasteiger charge is -2.20. The van der Waals surface area contributed by atoms with E-state index in [2.05, 4.69) is 57.1 Å². The summed E-state index contributed by atoms with van der Waals surface area (Å²) in [5, 5.41) is 4.70. The maximum Gasteiger partial charge on any atom is 0.119 e. The molecule has 3 nitrogen and oxygen atoms in total. The zero-order chi connectivity index (χ0) is 15.4. The molecule has 0 aliphatic rings. The highest BCUT2D eigenvalue weighted by atomic mass is 32.1. The van der Waals surface area contributed by atoms with Crippen LogP contribution in [0, 0.1) is 20.8 Å². The van der Waals surface area contributed by atoms with Crippen LogP contribution in [0.25, 0.3) is 0 Å². The van der Waals surface area contributed by atoms with E-state index in [1.165, 1.54) is 10.4 Å². The fourth-order valence-electron chi connectivity index (χ4n) is 2.36. The lowest BCUT2D eigenvalue weighted by Crippen LogP contribution is -2.33. The Hall–Kier alpha value is -1.39. The van der Waals surface area contributed by atoms with Gasteiger partial charge in [0.05, 0.1) is 10.7 Å². The highest BCUT2D eigenvalue weighted by Crippen LogP contribution is 2.24. The Morgan fingerprint density at radius 1 is 1.14 bits per heavy atom. The van der Waals surface area contributed by atoms with Crippen molar-refractivity contribution in [2.24, 2.45) is 0 Å². The van der Waals surface area contributed by atoms with Gasteiger partial charge in [-0.05, 0) is 46.8 Å². The fraction of sp³-hybridized carbons (Fsp3) is 0.471.